The Bertz CT molecular complexity index is 625. The van der Waals surface area contributed by atoms with Crippen molar-refractivity contribution in [2.24, 2.45) is 5.92 Å². The van der Waals surface area contributed by atoms with Crippen LogP contribution in [0.4, 0.5) is 5.69 Å². The maximum Gasteiger partial charge on any atom is 0.216 e. The van der Waals surface area contributed by atoms with E-state index in [-0.39, 0.29) is 5.25 Å². The summed E-state index contributed by atoms with van der Waals surface area (Å²) in [6.45, 7) is 2.58. The fourth-order valence-corrected chi connectivity index (χ4v) is 5.23. The molecule has 0 spiro atoms. The van der Waals surface area contributed by atoms with Gasteiger partial charge in [-0.2, -0.15) is 0 Å². The van der Waals surface area contributed by atoms with Crippen molar-refractivity contribution in [3.8, 4) is 0 Å². The van der Waals surface area contributed by atoms with Crippen molar-refractivity contribution in [2.45, 2.75) is 30.9 Å². The highest BCUT2D eigenvalue weighted by atomic mass is 79.9. The van der Waals surface area contributed by atoms with Gasteiger partial charge in [-0.3, -0.25) is 4.98 Å². The van der Waals surface area contributed by atoms with Crippen LogP contribution in [-0.2, 0) is 10.0 Å². The van der Waals surface area contributed by atoms with Crippen LogP contribution >= 0.6 is 15.9 Å². The molecule has 5 nitrogen and oxygen atoms in total. The molecule has 1 saturated carbocycles. The van der Waals surface area contributed by atoms with Gasteiger partial charge in [-0.15, -0.1) is 0 Å². The quantitative estimate of drug-likeness (QED) is 0.778. The number of piperidine rings is 1. The van der Waals surface area contributed by atoms with E-state index in [1.165, 1.54) is 5.69 Å². The van der Waals surface area contributed by atoms with Crippen molar-refractivity contribution in [2.75, 3.05) is 31.6 Å². The summed E-state index contributed by atoms with van der Waals surface area (Å²) in [5, 5.41) is -0.106. The molecular formula is C15H22BrN3O2S. The zero-order valence-electron chi connectivity index (χ0n) is 12.8. The Morgan fingerprint density at radius 3 is 2.59 bits per heavy atom. The van der Waals surface area contributed by atoms with Crippen LogP contribution < -0.4 is 4.90 Å². The number of pyridine rings is 1. The first-order chi connectivity index (χ1) is 10.5. The lowest BCUT2D eigenvalue weighted by Gasteiger charge is -2.35. The van der Waals surface area contributed by atoms with Gasteiger partial charge < -0.3 is 4.90 Å². The molecule has 0 atom stereocenters. The summed E-state index contributed by atoms with van der Waals surface area (Å²) in [5.74, 6) is 0.454. The lowest BCUT2D eigenvalue weighted by atomic mass is 9.96. The Morgan fingerprint density at radius 1 is 1.32 bits per heavy atom. The fourth-order valence-electron chi connectivity index (χ4n) is 3.07. The molecule has 0 aromatic carbocycles. The molecule has 1 aromatic heterocycles. The largest absolute Gasteiger partial charge is 0.371 e. The van der Waals surface area contributed by atoms with Gasteiger partial charge in [-0.25, -0.2) is 12.7 Å². The predicted molar refractivity (Wildman–Crippen MR) is 91.4 cm³/mol. The summed E-state index contributed by atoms with van der Waals surface area (Å²) in [5.41, 5.74) is 1.17. The number of aromatic nitrogens is 1. The first kappa shape index (κ1) is 16.2. The maximum atomic E-state index is 12.2. The topological polar surface area (TPSA) is 53.5 Å². The van der Waals surface area contributed by atoms with Crippen LogP contribution in [0.2, 0.25) is 0 Å². The first-order valence-corrected chi connectivity index (χ1v) is 10.1. The second kappa shape index (κ2) is 6.45. The van der Waals surface area contributed by atoms with E-state index in [1.807, 2.05) is 18.5 Å². The minimum absolute atomic E-state index is 0.106. The van der Waals surface area contributed by atoms with E-state index in [0.717, 1.165) is 43.2 Å². The molecule has 0 radical (unpaired) electrons. The smallest absolute Gasteiger partial charge is 0.216 e. The Hall–Kier alpha value is -0.660. The van der Waals surface area contributed by atoms with Crippen LogP contribution in [0.25, 0.3) is 0 Å². The van der Waals surface area contributed by atoms with Crippen LogP contribution in [0.15, 0.2) is 22.9 Å². The fraction of sp³-hybridized carbons (Fsp3) is 0.667. The third-order valence-electron chi connectivity index (χ3n) is 4.60. The lowest BCUT2D eigenvalue weighted by molar-refractivity contribution is 0.327. The Balaban J connectivity index is 1.55. The Morgan fingerprint density at radius 2 is 2.00 bits per heavy atom. The molecule has 2 aliphatic rings. The van der Waals surface area contributed by atoms with Gasteiger partial charge in [0, 0.05) is 39.1 Å². The van der Waals surface area contributed by atoms with E-state index < -0.39 is 10.0 Å². The van der Waals surface area contributed by atoms with Crippen LogP contribution in [0.1, 0.15) is 25.7 Å². The van der Waals surface area contributed by atoms with Crippen LogP contribution in [0.3, 0.4) is 0 Å². The zero-order valence-corrected chi connectivity index (χ0v) is 15.2. The first-order valence-electron chi connectivity index (χ1n) is 7.78. The van der Waals surface area contributed by atoms with Crippen LogP contribution in [0, 0.1) is 5.92 Å². The number of halogens is 1. The van der Waals surface area contributed by atoms with Gasteiger partial charge in [0.25, 0.3) is 0 Å². The van der Waals surface area contributed by atoms with E-state index in [2.05, 4.69) is 25.8 Å². The molecule has 1 saturated heterocycles. The highest BCUT2D eigenvalue weighted by Gasteiger charge is 2.39. The summed E-state index contributed by atoms with van der Waals surface area (Å²) in [7, 11) is -1.30. The highest BCUT2D eigenvalue weighted by Crippen LogP contribution is 2.32. The minimum Gasteiger partial charge on any atom is -0.371 e. The average molecular weight is 388 g/mol. The Labute approximate surface area is 140 Å². The van der Waals surface area contributed by atoms with Gasteiger partial charge in [0.15, 0.2) is 0 Å². The third kappa shape index (κ3) is 3.46. The van der Waals surface area contributed by atoms with Gasteiger partial charge in [0.2, 0.25) is 10.0 Å². The molecule has 2 heterocycles. The van der Waals surface area contributed by atoms with Crippen molar-refractivity contribution < 1.29 is 8.42 Å². The van der Waals surface area contributed by atoms with Crippen molar-refractivity contribution in [1.29, 1.82) is 0 Å². The summed E-state index contributed by atoms with van der Waals surface area (Å²) >= 11 is 3.54. The number of hydrogen-bond donors (Lipinski definition) is 0. The number of rotatable bonds is 5. The molecule has 1 aliphatic carbocycles. The molecule has 2 fully saturated rings. The number of anilines is 1. The number of nitrogens with zero attached hydrogens (tertiary/aromatic N) is 3. The molecule has 1 aliphatic heterocycles. The average Bonchev–Trinajstić information content (AvgIpc) is 3.34. The van der Waals surface area contributed by atoms with E-state index in [1.54, 1.807) is 11.4 Å². The van der Waals surface area contributed by atoms with E-state index >= 15 is 0 Å². The van der Waals surface area contributed by atoms with E-state index in [9.17, 15) is 8.42 Å². The lowest BCUT2D eigenvalue weighted by Crippen LogP contribution is -2.40. The summed E-state index contributed by atoms with van der Waals surface area (Å²) in [6.07, 6.45) is 7.35. The van der Waals surface area contributed by atoms with Crippen LogP contribution in [0.5, 0.6) is 0 Å². The number of sulfonamides is 1. The van der Waals surface area contributed by atoms with Crippen LogP contribution in [-0.4, -0.2) is 49.6 Å². The minimum atomic E-state index is -3.03. The van der Waals surface area contributed by atoms with Crippen molar-refractivity contribution in [3.63, 3.8) is 0 Å². The SMILES string of the molecule is CN(CC1CCN(c2ccncc2Br)CC1)S(=O)(=O)C1CC1. The molecular weight excluding hydrogens is 366 g/mol. The van der Waals surface area contributed by atoms with E-state index in [4.69, 9.17) is 0 Å². The van der Waals surface area contributed by atoms with Gasteiger partial charge >= 0.3 is 0 Å². The van der Waals surface area contributed by atoms with Gasteiger partial charge in [0.1, 0.15) is 0 Å². The molecule has 0 unspecified atom stereocenters. The molecule has 7 heteroatoms. The zero-order chi connectivity index (χ0) is 15.7. The third-order valence-corrected chi connectivity index (χ3v) is 7.54. The van der Waals surface area contributed by atoms with Crippen molar-refractivity contribution >= 4 is 31.6 Å². The summed E-state index contributed by atoms with van der Waals surface area (Å²) in [4.78, 5) is 6.44. The predicted octanol–water partition coefficient (Wildman–Crippen LogP) is 2.48. The second-order valence-corrected chi connectivity index (χ2v) is 9.46. The molecule has 0 amide bonds. The molecule has 0 N–H and O–H groups in total. The van der Waals surface area contributed by atoms with Gasteiger partial charge in [0.05, 0.1) is 15.4 Å². The number of hydrogen-bond acceptors (Lipinski definition) is 4. The second-order valence-electron chi connectivity index (χ2n) is 6.28. The van der Waals surface area contributed by atoms with Gasteiger partial charge in [-0.1, -0.05) is 0 Å². The maximum absolute atomic E-state index is 12.2. The standard InChI is InChI=1S/C15H22BrN3O2S/c1-18(22(20,21)13-2-3-13)11-12-5-8-19(9-6-12)15-4-7-17-10-14(15)16/h4,7,10,12-13H,2-3,5-6,8-9,11H2,1H3. The molecule has 122 valence electrons. The molecule has 3 rings (SSSR count). The van der Waals surface area contributed by atoms with Crippen molar-refractivity contribution in [3.05, 3.63) is 22.9 Å². The summed E-state index contributed by atoms with van der Waals surface area (Å²) in [6, 6.07) is 2.02. The molecule has 22 heavy (non-hydrogen) atoms. The van der Waals surface area contributed by atoms with Crippen molar-refractivity contribution in [1.82, 2.24) is 9.29 Å². The van der Waals surface area contributed by atoms with E-state index in [0.29, 0.717) is 12.5 Å². The highest BCUT2D eigenvalue weighted by molar-refractivity contribution is 9.10. The Kier molecular flexibility index (Phi) is 4.75. The summed E-state index contributed by atoms with van der Waals surface area (Å²) < 4.78 is 27.0. The van der Waals surface area contributed by atoms with Gasteiger partial charge in [-0.05, 0) is 53.6 Å². The normalized spacial score (nSPS) is 20.6. The monoisotopic (exact) mass is 387 g/mol. The molecule has 1 aromatic rings. The molecule has 0 bridgehead atoms.